The molecule has 0 bridgehead atoms. The monoisotopic (exact) mass is 365 g/mol. The van der Waals surface area contributed by atoms with Crippen LogP contribution < -0.4 is 15.0 Å². The predicted molar refractivity (Wildman–Crippen MR) is 104 cm³/mol. The Morgan fingerprint density at radius 2 is 1.81 bits per heavy atom. The van der Waals surface area contributed by atoms with Crippen molar-refractivity contribution in [2.75, 3.05) is 43.0 Å². The number of para-hydroxylation sites is 1. The molecule has 2 aromatic carbocycles. The molecule has 0 unspecified atom stereocenters. The van der Waals surface area contributed by atoms with Gasteiger partial charge in [0.25, 0.3) is 5.91 Å². The summed E-state index contributed by atoms with van der Waals surface area (Å²) in [5, 5.41) is 2.84. The Balaban J connectivity index is 1.39. The van der Waals surface area contributed by atoms with Gasteiger partial charge in [-0.15, -0.1) is 0 Å². The Kier molecular flexibility index (Phi) is 4.71. The number of carbonyl (C=O) groups is 2. The van der Waals surface area contributed by atoms with Crippen molar-refractivity contribution in [2.45, 2.75) is 13.3 Å². The number of amides is 2. The second-order valence-corrected chi connectivity index (χ2v) is 7.02. The summed E-state index contributed by atoms with van der Waals surface area (Å²) in [5.74, 6) is 0.750. The average molecular weight is 365 g/mol. The number of hydrogen-bond acceptors (Lipinski definition) is 4. The van der Waals surface area contributed by atoms with Gasteiger partial charge in [-0.1, -0.05) is 35.9 Å². The van der Waals surface area contributed by atoms with Gasteiger partial charge in [0.15, 0.2) is 12.4 Å². The zero-order chi connectivity index (χ0) is 18.8. The molecule has 6 nitrogen and oxygen atoms in total. The largest absolute Gasteiger partial charge is 0.479 e. The Hall–Kier alpha value is -3.02. The van der Waals surface area contributed by atoms with Crippen LogP contribution in [0.15, 0.2) is 42.5 Å². The van der Waals surface area contributed by atoms with E-state index in [1.807, 2.05) is 54.3 Å². The molecule has 0 aromatic heterocycles. The summed E-state index contributed by atoms with van der Waals surface area (Å²) in [6.45, 7) is 4.93. The molecule has 1 N–H and O–H groups in total. The summed E-state index contributed by atoms with van der Waals surface area (Å²) in [7, 11) is 0. The molecule has 2 aliphatic rings. The molecule has 0 spiro atoms. The first kappa shape index (κ1) is 17.4. The first-order chi connectivity index (χ1) is 13.1. The van der Waals surface area contributed by atoms with Gasteiger partial charge < -0.3 is 19.9 Å². The molecule has 0 atom stereocenters. The lowest BCUT2D eigenvalue weighted by Crippen LogP contribution is -2.49. The number of ether oxygens (including phenoxy) is 1. The highest BCUT2D eigenvalue weighted by Crippen LogP contribution is 2.38. The number of anilines is 2. The highest BCUT2D eigenvalue weighted by atomic mass is 16.5. The molecule has 1 saturated heterocycles. The smallest absolute Gasteiger partial charge is 0.262 e. The maximum Gasteiger partial charge on any atom is 0.262 e. The second-order valence-electron chi connectivity index (χ2n) is 7.02. The Morgan fingerprint density at radius 1 is 1.07 bits per heavy atom. The van der Waals surface area contributed by atoms with Crippen molar-refractivity contribution in [1.29, 1.82) is 0 Å². The molecule has 4 rings (SSSR count). The van der Waals surface area contributed by atoms with Crippen molar-refractivity contribution < 1.29 is 14.3 Å². The van der Waals surface area contributed by atoms with E-state index in [0.29, 0.717) is 25.2 Å². The van der Waals surface area contributed by atoms with Gasteiger partial charge in [-0.25, -0.2) is 0 Å². The molecule has 0 aliphatic carbocycles. The summed E-state index contributed by atoms with van der Waals surface area (Å²) in [6.07, 6.45) is 0.441. The summed E-state index contributed by atoms with van der Waals surface area (Å²) >= 11 is 0. The lowest BCUT2D eigenvalue weighted by Gasteiger charge is -2.37. The predicted octanol–water partition coefficient (Wildman–Crippen LogP) is 2.22. The van der Waals surface area contributed by atoms with Gasteiger partial charge >= 0.3 is 0 Å². The van der Waals surface area contributed by atoms with Crippen LogP contribution in [0.2, 0.25) is 0 Å². The van der Waals surface area contributed by atoms with E-state index < -0.39 is 0 Å². The van der Waals surface area contributed by atoms with Crippen molar-refractivity contribution in [1.82, 2.24) is 4.90 Å². The minimum absolute atomic E-state index is 0.0407. The number of piperazine rings is 1. The minimum Gasteiger partial charge on any atom is -0.479 e. The number of rotatable bonds is 3. The number of benzene rings is 2. The second kappa shape index (κ2) is 7.31. The minimum atomic E-state index is -0.133. The van der Waals surface area contributed by atoms with Gasteiger partial charge in [0.05, 0.1) is 17.8 Å². The van der Waals surface area contributed by atoms with Gasteiger partial charge in [0.2, 0.25) is 5.91 Å². The normalized spacial score (nSPS) is 16.4. The molecular weight excluding hydrogens is 342 g/mol. The molecule has 2 aliphatic heterocycles. The molecule has 0 saturated carbocycles. The van der Waals surface area contributed by atoms with Crippen molar-refractivity contribution >= 4 is 23.2 Å². The van der Waals surface area contributed by atoms with E-state index in [1.54, 1.807) is 0 Å². The van der Waals surface area contributed by atoms with Crippen LogP contribution in [0.3, 0.4) is 0 Å². The van der Waals surface area contributed by atoms with Gasteiger partial charge in [-0.3, -0.25) is 9.59 Å². The fourth-order valence-corrected chi connectivity index (χ4v) is 3.54. The Bertz CT molecular complexity index is 855. The van der Waals surface area contributed by atoms with Crippen LogP contribution in [0.4, 0.5) is 11.4 Å². The highest BCUT2D eigenvalue weighted by molar-refractivity contribution is 5.97. The van der Waals surface area contributed by atoms with E-state index in [0.717, 1.165) is 30.1 Å². The molecule has 27 heavy (non-hydrogen) atoms. The number of fused-ring (bicyclic) bond motifs is 1. The molecular formula is C21H23N3O3. The lowest BCUT2D eigenvalue weighted by molar-refractivity contribution is -0.130. The molecule has 2 amide bonds. The van der Waals surface area contributed by atoms with E-state index >= 15 is 0 Å². The maximum atomic E-state index is 12.6. The Morgan fingerprint density at radius 3 is 2.56 bits per heavy atom. The molecule has 6 heteroatoms. The van der Waals surface area contributed by atoms with Crippen molar-refractivity contribution in [3.05, 3.63) is 53.6 Å². The van der Waals surface area contributed by atoms with Crippen LogP contribution in [-0.2, 0) is 16.0 Å². The molecule has 2 heterocycles. The topological polar surface area (TPSA) is 61.9 Å². The summed E-state index contributed by atoms with van der Waals surface area (Å²) in [5.41, 5.74) is 3.93. The van der Waals surface area contributed by atoms with Crippen LogP contribution in [0.25, 0.3) is 0 Å². The highest BCUT2D eigenvalue weighted by Gasteiger charge is 2.26. The standard InChI is InChI=1S/C21H23N3O3/c1-15-5-7-16(8-6-15)13-20(26)24-11-9-23(10-12-24)18-4-2-3-17-21(18)27-14-19(25)22-17/h2-8H,9-14H2,1H3,(H,22,25). The number of aryl methyl sites for hydroxylation is 1. The van der Waals surface area contributed by atoms with Crippen LogP contribution in [0.5, 0.6) is 5.75 Å². The fraction of sp³-hybridized carbons (Fsp3) is 0.333. The Labute approximate surface area is 158 Å². The van der Waals surface area contributed by atoms with E-state index in [9.17, 15) is 9.59 Å². The third kappa shape index (κ3) is 3.74. The zero-order valence-electron chi connectivity index (χ0n) is 15.4. The molecule has 0 radical (unpaired) electrons. The number of nitrogens with zero attached hydrogens (tertiary/aromatic N) is 2. The molecule has 1 fully saturated rings. The molecule has 2 aromatic rings. The lowest BCUT2D eigenvalue weighted by atomic mass is 10.1. The van der Waals surface area contributed by atoms with Crippen LogP contribution in [-0.4, -0.2) is 49.5 Å². The third-order valence-electron chi connectivity index (χ3n) is 5.06. The first-order valence-electron chi connectivity index (χ1n) is 9.24. The third-order valence-corrected chi connectivity index (χ3v) is 5.06. The van der Waals surface area contributed by atoms with Crippen LogP contribution >= 0.6 is 0 Å². The molecule has 140 valence electrons. The van der Waals surface area contributed by atoms with Crippen molar-refractivity contribution in [3.8, 4) is 5.75 Å². The van der Waals surface area contributed by atoms with Gasteiger partial charge in [0, 0.05) is 26.2 Å². The number of nitrogens with one attached hydrogen (secondary N) is 1. The van der Waals surface area contributed by atoms with E-state index in [-0.39, 0.29) is 18.4 Å². The van der Waals surface area contributed by atoms with Crippen LogP contribution in [0.1, 0.15) is 11.1 Å². The van der Waals surface area contributed by atoms with Crippen LogP contribution in [0, 0.1) is 6.92 Å². The number of hydrogen-bond donors (Lipinski definition) is 1. The first-order valence-corrected chi connectivity index (χ1v) is 9.24. The summed E-state index contributed by atoms with van der Waals surface area (Å²) < 4.78 is 5.65. The van der Waals surface area contributed by atoms with E-state index in [2.05, 4.69) is 10.2 Å². The van der Waals surface area contributed by atoms with E-state index in [1.165, 1.54) is 5.56 Å². The SMILES string of the molecule is Cc1ccc(CC(=O)N2CCN(c3cccc4c3OCC(=O)N4)CC2)cc1. The fourth-order valence-electron chi connectivity index (χ4n) is 3.54. The summed E-state index contributed by atoms with van der Waals surface area (Å²) in [4.78, 5) is 28.2. The zero-order valence-corrected chi connectivity index (χ0v) is 15.4. The number of carbonyl (C=O) groups excluding carboxylic acids is 2. The van der Waals surface area contributed by atoms with Gasteiger partial charge in [-0.2, -0.15) is 0 Å². The van der Waals surface area contributed by atoms with Crippen molar-refractivity contribution in [3.63, 3.8) is 0 Å². The van der Waals surface area contributed by atoms with Gasteiger partial charge in [-0.05, 0) is 24.6 Å². The summed E-state index contributed by atoms with van der Waals surface area (Å²) in [6, 6.07) is 13.9. The average Bonchev–Trinajstić information content (AvgIpc) is 2.69. The van der Waals surface area contributed by atoms with Crippen molar-refractivity contribution in [2.24, 2.45) is 0 Å². The maximum absolute atomic E-state index is 12.6. The van der Waals surface area contributed by atoms with E-state index in [4.69, 9.17) is 4.74 Å². The van der Waals surface area contributed by atoms with Gasteiger partial charge in [0.1, 0.15) is 0 Å². The quantitative estimate of drug-likeness (QED) is 0.906.